The van der Waals surface area contributed by atoms with Gasteiger partial charge in [0.1, 0.15) is 10.9 Å². The van der Waals surface area contributed by atoms with Gasteiger partial charge in [-0.2, -0.15) is 0 Å². The highest BCUT2D eigenvalue weighted by atomic mass is 35.5. The summed E-state index contributed by atoms with van der Waals surface area (Å²) < 4.78 is 5.32. The molecular formula is C21H24ClN5O3S. The molecule has 0 unspecified atom stereocenters. The molecule has 0 radical (unpaired) electrons. The summed E-state index contributed by atoms with van der Waals surface area (Å²) in [7, 11) is 1.50. The van der Waals surface area contributed by atoms with E-state index in [0.717, 1.165) is 11.3 Å². The Morgan fingerprint density at radius 1 is 1.10 bits per heavy atom. The molecule has 0 bridgehead atoms. The zero-order valence-electron chi connectivity index (χ0n) is 17.4. The van der Waals surface area contributed by atoms with Gasteiger partial charge in [-0.15, -0.1) is 5.10 Å². The van der Waals surface area contributed by atoms with Crippen LogP contribution in [0.3, 0.4) is 0 Å². The van der Waals surface area contributed by atoms with Crippen LogP contribution in [0.4, 0.5) is 5.13 Å². The summed E-state index contributed by atoms with van der Waals surface area (Å²) in [6.45, 7) is 1.81. The average molecular weight is 462 g/mol. The van der Waals surface area contributed by atoms with Gasteiger partial charge in [0.15, 0.2) is 0 Å². The fourth-order valence-electron chi connectivity index (χ4n) is 3.26. The first-order valence-electron chi connectivity index (χ1n) is 10.0. The molecule has 0 saturated heterocycles. The molecule has 1 amide bonds. The predicted octanol–water partition coefficient (Wildman–Crippen LogP) is 4.85. The molecule has 0 atom stereocenters. The maximum atomic E-state index is 12.6. The highest BCUT2D eigenvalue weighted by Crippen LogP contribution is 2.34. The van der Waals surface area contributed by atoms with Crippen LogP contribution in [-0.4, -0.2) is 33.2 Å². The van der Waals surface area contributed by atoms with Gasteiger partial charge in [0.05, 0.1) is 18.9 Å². The first-order valence-corrected chi connectivity index (χ1v) is 11.2. The molecule has 10 heteroatoms. The smallest absolute Gasteiger partial charge is 0.324 e. The van der Waals surface area contributed by atoms with Gasteiger partial charge in [-0.25, -0.2) is 10.1 Å². The number of carbonyl (C=O) groups is 1. The van der Waals surface area contributed by atoms with Gasteiger partial charge in [0.25, 0.3) is 5.91 Å². The summed E-state index contributed by atoms with van der Waals surface area (Å²) in [5, 5.41) is 8.97. The fraction of sp³-hybridized carbons (Fsp3) is 0.381. The Balaban J connectivity index is 0.000000391. The molecule has 3 aromatic heterocycles. The van der Waals surface area contributed by atoms with E-state index in [4.69, 9.17) is 16.3 Å². The number of anilines is 1. The van der Waals surface area contributed by atoms with E-state index in [1.807, 2.05) is 0 Å². The number of amides is 1. The molecule has 31 heavy (non-hydrogen) atoms. The van der Waals surface area contributed by atoms with E-state index in [-0.39, 0.29) is 20.7 Å². The number of aryl methyl sites for hydroxylation is 1. The van der Waals surface area contributed by atoms with Crippen LogP contribution in [0.1, 0.15) is 54.6 Å². The van der Waals surface area contributed by atoms with Crippen molar-refractivity contribution in [3.8, 4) is 16.9 Å². The zero-order chi connectivity index (χ0) is 22.2. The number of aromatic nitrogens is 4. The summed E-state index contributed by atoms with van der Waals surface area (Å²) in [6.07, 6.45) is 11.9. The van der Waals surface area contributed by atoms with E-state index in [0.29, 0.717) is 22.6 Å². The van der Waals surface area contributed by atoms with Crippen LogP contribution in [0, 0.1) is 6.92 Å². The second-order valence-electron chi connectivity index (χ2n) is 7.07. The molecule has 164 valence electrons. The molecule has 0 aliphatic heterocycles. The second-order valence-corrected chi connectivity index (χ2v) is 8.42. The van der Waals surface area contributed by atoms with Crippen molar-refractivity contribution in [1.29, 1.82) is 0 Å². The second kappa shape index (κ2) is 11.0. The Kier molecular flexibility index (Phi) is 8.13. The van der Waals surface area contributed by atoms with Crippen molar-refractivity contribution >= 4 is 34.0 Å². The number of aromatic amines is 1. The highest BCUT2D eigenvalue weighted by Gasteiger charge is 2.19. The normalized spacial score (nSPS) is 13.1. The first-order chi connectivity index (χ1) is 15.0. The molecule has 4 rings (SSSR count). The van der Waals surface area contributed by atoms with Crippen molar-refractivity contribution in [3.05, 3.63) is 50.6 Å². The van der Waals surface area contributed by atoms with Crippen LogP contribution in [0.15, 0.2) is 29.3 Å². The lowest BCUT2D eigenvalue weighted by atomic mass is 10.0. The number of halogens is 1. The summed E-state index contributed by atoms with van der Waals surface area (Å²) in [5.41, 5.74) is 2.18. The van der Waals surface area contributed by atoms with Gasteiger partial charge in [-0.3, -0.25) is 19.9 Å². The molecule has 3 aromatic rings. The summed E-state index contributed by atoms with van der Waals surface area (Å²) in [4.78, 5) is 31.6. The van der Waals surface area contributed by atoms with Crippen molar-refractivity contribution in [2.45, 2.75) is 45.4 Å². The number of nitrogens with zero attached hydrogens (tertiary/aromatic N) is 3. The lowest BCUT2D eigenvalue weighted by Gasteiger charge is -2.13. The Hall–Kier alpha value is -2.78. The lowest BCUT2D eigenvalue weighted by Crippen LogP contribution is -2.14. The molecule has 1 aliphatic rings. The van der Waals surface area contributed by atoms with Crippen molar-refractivity contribution in [2.75, 3.05) is 12.4 Å². The van der Waals surface area contributed by atoms with E-state index in [1.165, 1.54) is 58.0 Å². The standard InChI is InChI=1S/C15H12ClN5O3S.C6H12/c1-7-3-8(9-4-12(16)18-6-11(9)24-2)10(5-17-7)13(22)19-14-20-21-15(23)25-14;1-2-4-6-5-3-1/h3-6H,1-2H3,(H,21,23)(H,19,20,22);1-6H2. The van der Waals surface area contributed by atoms with E-state index in [1.54, 1.807) is 19.1 Å². The molecule has 0 spiro atoms. The van der Waals surface area contributed by atoms with Crippen LogP contribution in [0.2, 0.25) is 5.15 Å². The molecule has 8 nitrogen and oxygen atoms in total. The average Bonchev–Trinajstić information content (AvgIpc) is 3.19. The van der Waals surface area contributed by atoms with Gasteiger partial charge < -0.3 is 4.74 Å². The SMILES string of the molecule is C1CCCCC1.COc1cnc(Cl)cc1-c1cc(C)ncc1C(=O)Nc1n[nH]c(=O)s1. The minimum absolute atomic E-state index is 0.168. The Morgan fingerprint density at radius 3 is 2.35 bits per heavy atom. The van der Waals surface area contributed by atoms with Crippen molar-refractivity contribution < 1.29 is 9.53 Å². The van der Waals surface area contributed by atoms with Gasteiger partial charge in [-0.1, -0.05) is 50.1 Å². The number of hydrogen-bond donors (Lipinski definition) is 2. The molecule has 1 aliphatic carbocycles. The van der Waals surface area contributed by atoms with E-state index in [9.17, 15) is 9.59 Å². The van der Waals surface area contributed by atoms with Crippen LogP contribution in [0.25, 0.3) is 11.1 Å². The summed E-state index contributed by atoms with van der Waals surface area (Å²) >= 11 is 6.79. The third-order valence-electron chi connectivity index (χ3n) is 4.79. The van der Waals surface area contributed by atoms with Crippen LogP contribution in [-0.2, 0) is 0 Å². The van der Waals surface area contributed by atoms with Crippen molar-refractivity contribution in [3.63, 3.8) is 0 Å². The fourth-order valence-corrected chi connectivity index (χ4v) is 3.92. The predicted molar refractivity (Wildman–Crippen MR) is 122 cm³/mol. The van der Waals surface area contributed by atoms with Crippen LogP contribution >= 0.6 is 22.9 Å². The molecule has 1 fully saturated rings. The Bertz CT molecular complexity index is 1080. The van der Waals surface area contributed by atoms with E-state index >= 15 is 0 Å². The molecular weight excluding hydrogens is 438 g/mol. The number of rotatable bonds is 4. The van der Waals surface area contributed by atoms with Gasteiger partial charge >= 0.3 is 4.87 Å². The summed E-state index contributed by atoms with van der Waals surface area (Å²) in [5.74, 6) is 0.00807. The maximum absolute atomic E-state index is 12.6. The van der Waals surface area contributed by atoms with E-state index in [2.05, 4.69) is 25.5 Å². The highest BCUT2D eigenvalue weighted by molar-refractivity contribution is 7.13. The van der Waals surface area contributed by atoms with E-state index < -0.39 is 5.91 Å². The number of methoxy groups -OCH3 is 1. The molecule has 3 heterocycles. The number of carbonyl (C=O) groups excluding carboxylic acids is 1. The quantitative estimate of drug-likeness (QED) is 0.537. The third kappa shape index (κ3) is 6.35. The molecule has 2 N–H and O–H groups in total. The topological polar surface area (TPSA) is 110 Å². The largest absolute Gasteiger partial charge is 0.494 e. The number of nitrogens with one attached hydrogen (secondary N) is 2. The number of hydrogen-bond acceptors (Lipinski definition) is 7. The van der Waals surface area contributed by atoms with Gasteiger partial charge in [0.2, 0.25) is 5.13 Å². The number of H-pyrrole nitrogens is 1. The lowest BCUT2D eigenvalue weighted by molar-refractivity contribution is 0.102. The minimum Gasteiger partial charge on any atom is -0.494 e. The van der Waals surface area contributed by atoms with Crippen LogP contribution < -0.4 is 14.9 Å². The summed E-state index contributed by atoms with van der Waals surface area (Å²) in [6, 6.07) is 3.36. The Labute approximate surface area is 189 Å². The van der Waals surface area contributed by atoms with Crippen LogP contribution in [0.5, 0.6) is 5.75 Å². The number of ether oxygens (including phenoxy) is 1. The van der Waals surface area contributed by atoms with Gasteiger partial charge in [0, 0.05) is 23.0 Å². The first kappa shape index (κ1) is 22.9. The van der Waals surface area contributed by atoms with Crippen molar-refractivity contribution in [2.24, 2.45) is 0 Å². The zero-order valence-corrected chi connectivity index (χ0v) is 19.0. The monoisotopic (exact) mass is 461 g/mol. The van der Waals surface area contributed by atoms with Crippen molar-refractivity contribution in [1.82, 2.24) is 20.2 Å². The number of pyridine rings is 2. The molecule has 1 saturated carbocycles. The Morgan fingerprint density at radius 2 is 1.77 bits per heavy atom. The molecule has 0 aromatic carbocycles. The maximum Gasteiger partial charge on any atom is 0.324 e. The van der Waals surface area contributed by atoms with Gasteiger partial charge in [-0.05, 0) is 30.4 Å². The minimum atomic E-state index is -0.458. The third-order valence-corrected chi connectivity index (χ3v) is 5.66.